The lowest BCUT2D eigenvalue weighted by atomic mass is 9.91. The average Bonchev–Trinajstić information content (AvgIpc) is 3.44. The van der Waals surface area contributed by atoms with Crippen LogP contribution < -0.4 is 20.3 Å². The largest absolute Gasteiger partial charge is 0.497 e. The average molecular weight is 467 g/mol. The van der Waals surface area contributed by atoms with Gasteiger partial charge in [-0.1, -0.05) is 12.1 Å². The third-order valence-corrected chi connectivity index (χ3v) is 7.77. The molecule has 8 nitrogen and oxygen atoms in total. The Labute approximate surface area is 202 Å². The van der Waals surface area contributed by atoms with Gasteiger partial charge in [-0.25, -0.2) is 4.98 Å². The minimum atomic E-state index is -0.510. The standard InChI is InChI=1S/C27H26N6O2/c1-35-18-4-6-22-20(13-18)27(26(34)30-22)14-21(27)16-2-5-19-23(12-16)31-32-25(19)17-3-7-24(29-15-17)33-10-8-28-9-11-33/h2-7,12-13,15,21,28H,8-11,14H2,1H3,(H,30,34)(H,31,32). The normalized spacial score (nSPS) is 22.9. The summed E-state index contributed by atoms with van der Waals surface area (Å²) in [6, 6.07) is 16.4. The summed E-state index contributed by atoms with van der Waals surface area (Å²) in [5.41, 5.74) is 5.41. The number of carbonyl (C=O) groups is 1. The van der Waals surface area contributed by atoms with E-state index in [0.29, 0.717) is 0 Å². The zero-order valence-electron chi connectivity index (χ0n) is 19.5. The lowest BCUT2D eigenvalue weighted by Crippen LogP contribution is -2.43. The first kappa shape index (κ1) is 20.5. The third-order valence-electron chi connectivity index (χ3n) is 7.77. The van der Waals surface area contributed by atoms with Crippen molar-refractivity contribution in [1.29, 1.82) is 0 Å². The fraction of sp³-hybridized carbons (Fsp3) is 0.296. The van der Waals surface area contributed by atoms with E-state index in [4.69, 9.17) is 9.72 Å². The number of hydrogen-bond donors (Lipinski definition) is 3. The van der Waals surface area contributed by atoms with Crippen LogP contribution in [0.1, 0.15) is 23.5 Å². The fourth-order valence-corrected chi connectivity index (χ4v) is 5.78. The SMILES string of the molecule is COc1ccc2c(c1)C1(CC1c1ccc3c(-c4ccc(N5CCNCC5)nc4)n[nH]c3c1)C(=O)N2. The molecule has 2 fully saturated rings. The van der Waals surface area contributed by atoms with Gasteiger partial charge in [-0.15, -0.1) is 0 Å². The number of nitrogens with zero attached hydrogens (tertiary/aromatic N) is 3. The summed E-state index contributed by atoms with van der Waals surface area (Å²) >= 11 is 0. The van der Waals surface area contributed by atoms with E-state index in [2.05, 4.69) is 56.1 Å². The molecule has 2 unspecified atom stereocenters. The lowest BCUT2D eigenvalue weighted by molar-refractivity contribution is -0.118. The van der Waals surface area contributed by atoms with Gasteiger partial charge in [0.1, 0.15) is 17.3 Å². The lowest BCUT2D eigenvalue weighted by Gasteiger charge is -2.28. The molecule has 176 valence electrons. The number of hydrogen-bond acceptors (Lipinski definition) is 6. The number of piperazine rings is 1. The zero-order valence-corrected chi connectivity index (χ0v) is 19.5. The smallest absolute Gasteiger partial charge is 0.235 e. The third kappa shape index (κ3) is 3.06. The second kappa shape index (κ2) is 7.55. The van der Waals surface area contributed by atoms with Crippen LogP contribution in [0.3, 0.4) is 0 Å². The summed E-state index contributed by atoms with van der Waals surface area (Å²) in [4.78, 5) is 20.0. The van der Waals surface area contributed by atoms with Gasteiger partial charge in [-0.05, 0) is 53.9 Å². The van der Waals surface area contributed by atoms with E-state index in [1.807, 2.05) is 24.4 Å². The van der Waals surface area contributed by atoms with Crippen LogP contribution in [0.5, 0.6) is 5.75 Å². The van der Waals surface area contributed by atoms with Gasteiger partial charge in [0.2, 0.25) is 5.91 Å². The Morgan fingerprint density at radius 1 is 1.09 bits per heavy atom. The van der Waals surface area contributed by atoms with Gasteiger partial charge in [-0.2, -0.15) is 5.10 Å². The predicted octanol–water partition coefficient (Wildman–Crippen LogP) is 3.42. The van der Waals surface area contributed by atoms with E-state index in [-0.39, 0.29) is 11.8 Å². The van der Waals surface area contributed by atoms with Crippen molar-refractivity contribution < 1.29 is 9.53 Å². The van der Waals surface area contributed by atoms with E-state index in [1.54, 1.807) is 7.11 Å². The maximum atomic E-state index is 13.0. The highest BCUT2D eigenvalue weighted by Gasteiger charge is 2.65. The first-order valence-corrected chi connectivity index (χ1v) is 12.1. The second-order valence-corrected chi connectivity index (χ2v) is 9.61. The Kier molecular flexibility index (Phi) is 4.41. The summed E-state index contributed by atoms with van der Waals surface area (Å²) in [5.74, 6) is 1.98. The molecule has 3 aliphatic rings. The van der Waals surface area contributed by atoms with Gasteiger partial charge in [-0.3, -0.25) is 9.89 Å². The Hall–Kier alpha value is -3.91. The highest BCUT2D eigenvalue weighted by molar-refractivity contribution is 6.10. The van der Waals surface area contributed by atoms with Gasteiger partial charge in [0, 0.05) is 54.9 Å². The number of nitrogens with one attached hydrogen (secondary N) is 3. The summed E-state index contributed by atoms with van der Waals surface area (Å²) in [6.07, 6.45) is 2.70. The highest BCUT2D eigenvalue weighted by Crippen LogP contribution is 2.65. The predicted molar refractivity (Wildman–Crippen MR) is 135 cm³/mol. The zero-order chi connectivity index (χ0) is 23.6. The number of pyridine rings is 1. The Balaban J connectivity index is 1.18. The van der Waals surface area contributed by atoms with Gasteiger partial charge >= 0.3 is 0 Å². The molecule has 1 saturated heterocycles. The Morgan fingerprint density at radius 3 is 2.77 bits per heavy atom. The quantitative estimate of drug-likeness (QED) is 0.427. The van der Waals surface area contributed by atoms with Crippen molar-refractivity contribution >= 4 is 28.3 Å². The molecule has 1 spiro atoms. The number of aromatic amines is 1. The van der Waals surface area contributed by atoms with Crippen molar-refractivity contribution in [3.05, 3.63) is 65.9 Å². The molecule has 7 rings (SSSR count). The molecule has 1 amide bonds. The first-order valence-electron chi connectivity index (χ1n) is 12.1. The van der Waals surface area contributed by atoms with Crippen molar-refractivity contribution in [2.24, 2.45) is 0 Å². The molecule has 4 heterocycles. The number of ether oxygens (including phenoxy) is 1. The molecule has 35 heavy (non-hydrogen) atoms. The number of amides is 1. The van der Waals surface area contributed by atoms with Crippen LogP contribution >= 0.6 is 0 Å². The minimum Gasteiger partial charge on any atom is -0.497 e. The molecule has 2 aliphatic heterocycles. The van der Waals surface area contributed by atoms with Crippen molar-refractivity contribution in [2.45, 2.75) is 17.8 Å². The van der Waals surface area contributed by atoms with Crippen molar-refractivity contribution in [3.63, 3.8) is 0 Å². The summed E-state index contributed by atoms with van der Waals surface area (Å²) < 4.78 is 5.42. The minimum absolute atomic E-state index is 0.0757. The summed E-state index contributed by atoms with van der Waals surface area (Å²) in [7, 11) is 1.65. The molecule has 0 bridgehead atoms. The molecule has 0 radical (unpaired) electrons. The molecule has 4 aromatic rings. The summed E-state index contributed by atoms with van der Waals surface area (Å²) in [6.45, 7) is 3.91. The fourth-order valence-electron chi connectivity index (χ4n) is 5.78. The molecular formula is C27H26N6O2. The van der Waals surface area contributed by atoms with Crippen LogP contribution in [0.25, 0.3) is 22.2 Å². The molecule has 2 aromatic heterocycles. The Bertz CT molecular complexity index is 1460. The molecule has 1 aliphatic carbocycles. The van der Waals surface area contributed by atoms with E-state index in [9.17, 15) is 4.79 Å². The molecule has 8 heteroatoms. The second-order valence-electron chi connectivity index (χ2n) is 9.61. The molecule has 3 N–H and O–H groups in total. The summed E-state index contributed by atoms with van der Waals surface area (Å²) in [5, 5.41) is 15.3. The monoisotopic (exact) mass is 466 g/mol. The van der Waals surface area contributed by atoms with E-state index in [0.717, 1.165) is 83.1 Å². The van der Waals surface area contributed by atoms with Crippen molar-refractivity contribution in [2.75, 3.05) is 43.5 Å². The Morgan fingerprint density at radius 2 is 1.97 bits per heavy atom. The van der Waals surface area contributed by atoms with Crippen molar-refractivity contribution in [1.82, 2.24) is 20.5 Å². The van der Waals surface area contributed by atoms with Gasteiger partial charge in [0.25, 0.3) is 0 Å². The van der Waals surface area contributed by atoms with Crippen LogP contribution in [0.15, 0.2) is 54.7 Å². The number of carbonyl (C=O) groups excluding carboxylic acids is 1. The molecular weight excluding hydrogens is 440 g/mol. The number of benzene rings is 2. The maximum Gasteiger partial charge on any atom is 0.235 e. The number of rotatable bonds is 4. The highest BCUT2D eigenvalue weighted by atomic mass is 16.5. The number of aromatic nitrogens is 3. The van der Waals surface area contributed by atoms with Crippen LogP contribution in [0.4, 0.5) is 11.5 Å². The topological polar surface area (TPSA) is 95.2 Å². The van der Waals surface area contributed by atoms with E-state index >= 15 is 0 Å². The van der Waals surface area contributed by atoms with Gasteiger partial charge in [0.15, 0.2) is 0 Å². The number of methoxy groups -OCH3 is 1. The maximum absolute atomic E-state index is 13.0. The number of H-pyrrole nitrogens is 1. The molecule has 2 aromatic carbocycles. The van der Waals surface area contributed by atoms with Gasteiger partial charge < -0.3 is 20.3 Å². The van der Waals surface area contributed by atoms with Crippen molar-refractivity contribution in [3.8, 4) is 17.0 Å². The van der Waals surface area contributed by atoms with Crippen LogP contribution in [-0.4, -0.2) is 54.4 Å². The number of anilines is 2. The van der Waals surface area contributed by atoms with E-state index < -0.39 is 5.41 Å². The van der Waals surface area contributed by atoms with E-state index in [1.165, 1.54) is 0 Å². The van der Waals surface area contributed by atoms with Crippen LogP contribution in [0, 0.1) is 0 Å². The first-order chi connectivity index (χ1) is 17.2. The molecule has 1 saturated carbocycles. The van der Waals surface area contributed by atoms with Crippen LogP contribution in [0.2, 0.25) is 0 Å². The van der Waals surface area contributed by atoms with Crippen LogP contribution in [-0.2, 0) is 10.2 Å². The van der Waals surface area contributed by atoms with Gasteiger partial charge in [0.05, 0.1) is 18.0 Å². The molecule has 2 atom stereocenters. The number of fused-ring (bicyclic) bond motifs is 3.